The first-order valence-electron chi connectivity index (χ1n) is 6.97. The van der Waals surface area contributed by atoms with Crippen LogP contribution in [0.5, 0.6) is 5.75 Å². The van der Waals surface area contributed by atoms with E-state index in [1.807, 2.05) is 24.3 Å². The van der Waals surface area contributed by atoms with Crippen LogP contribution in [0, 0.1) is 0 Å². The second-order valence-corrected chi connectivity index (χ2v) is 5.30. The Kier molecular flexibility index (Phi) is 3.42. The molecule has 0 aliphatic carbocycles. The first-order valence-corrected chi connectivity index (χ1v) is 6.97. The quantitative estimate of drug-likeness (QED) is 0.880. The Bertz CT molecular complexity index is 458. The van der Waals surface area contributed by atoms with Gasteiger partial charge in [-0.2, -0.15) is 0 Å². The number of carbonyl (C=O) groups excluding carboxylic acids is 1. The fraction of sp³-hybridized carbons (Fsp3) is 0.533. The second-order valence-electron chi connectivity index (χ2n) is 5.30. The molecule has 0 bridgehead atoms. The number of benzene rings is 1. The maximum Gasteiger partial charge on any atom is 0.244 e. The summed E-state index contributed by atoms with van der Waals surface area (Å²) in [4.78, 5) is 14.6. The van der Waals surface area contributed by atoms with Crippen molar-refractivity contribution in [3.05, 3.63) is 29.8 Å². The van der Waals surface area contributed by atoms with Gasteiger partial charge in [-0.3, -0.25) is 4.79 Å². The van der Waals surface area contributed by atoms with Gasteiger partial charge in [0.2, 0.25) is 5.91 Å². The summed E-state index contributed by atoms with van der Waals surface area (Å²) < 4.78 is 5.15. The summed E-state index contributed by atoms with van der Waals surface area (Å²) in [5, 5.41) is 3.39. The highest BCUT2D eigenvalue weighted by molar-refractivity contribution is 5.84. The third kappa shape index (κ3) is 2.32. The highest BCUT2D eigenvalue weighted by Gasteiger charge is 2.36. The molecule has 4 nitrogen and oxygen atoms in total. The molecule has 2 aliphatic heterocycles. The Hall–Kier alpha value is -1.55. The number of piperidine rings is 1. The zero-order valence-corrected chi connectivity index (χ0v) is 11.3. The lowest BCUT2D eigenvalue weighted by molar-refractivity contribution is -0.140. The Morgan fingerprint density at radius 2 is 2.05 bits per heavy atom. The van der Waals surface area contributed by atoms with Crippen LogP contribution in [0.1, 0.15) is 30.9 Å². The summed E-state index contributed by atoms with van der Waals surface area (Å²) in [5.74, 6) is 1.05. The molecule has 0 radical (unpaired) electrons. The Morgan fingerprint density at radius 1 is 1.26 bits per heavy atom. The molecule has 1 amide bonds. The Labute approximate surface area is 113 Å². The molecule has 2 atom stereocenters. The predicted octanol–water partition coefficient (Wildman–Crippen LogP) is 1.72. The molecule has 1 aromatic carbocycles. The molecular weight excluding hydrogens is 240 g/mol. The lowest BCUT2D eigenvalue weighted by Crippen LogP contribution is -2.57. The topological polar surface area (TPSA) is 41.6 Å². The fourth-order valence-electron chi connectivity index (χ4n) is 3.07. The van der Waals surface area contributed by atoms with E-state index in [1.165, 1.54) is 6.42 Å². The van der Waals surface area contributed by atoms with Gasteiger partial charge < -0.3 is 15.0 Å². The van der Waals surface area contributed by atoms with Gasteiger partial charge in [0.25, 0.3) is 0 Å². The maximum atomic E-state index is 12.5. The molecule has 2 saturated heterocycles. The van der Waals surface area contributed by atoms with E-state index in [4.69, 9.17) is 4.74 Å². The molecule has 19 heavy (non-hydrogen) atoms. The van der Waals surface area contributed by atoms with Gasteiger partial charge >= 0.3 is 0 Å². The summed E-state index contributed by atoms with van der Waals surface area (Å²) in [7, 11) is 1.65. The van der Waals surface area contributed by atoms with Crippen molar-refractivity contribution in [2.45, 2.75) is 31.3 Å². The van der Waals surface area contributed by atoms with Crippen molar-refractivity contribution in [1.82, 2.24) is 10.2 Å². The number of hydrogen-bond donors (Lipinski definition) is 1. The molecule has 0 spiro atoms. The van der Waals surface area contributed by atoms with Crippen LogP contribution in [-0.4, -0.2) is 37.0 Å². The summed E-state index contributed by atoms with van der Waals surface area (Å²) in [5.41, 5.74) is 1.02. The number of nitrogens with zero attached hydrogens (tertiary/aromatic N) is 1. The predicted molar refractivity (Wildman–Crippen MR) is 73.1 cm³/mol. The van der Waals surface area contributed by atoms with E-state index in [2.05, 4.69) is 10.2 Å². The van der Waals surface area contributed by atoms with Gasteiger partial charge in [-0.05, 0) is 37.0 Å². The molecule has 3 rings (SSSR count). The smallest absolute Gasteiger partial charge is 0.244 e. The molecule has 1 N–H and O–H groups in total. The van der Waals surface area contributed by atoms with Gasteiger partial charge in [-0.15, -0.1) is 0 Å². The van der Waals surface area contributed by atoms with Crippen molar-refractivity contribution in [3.63, 3.8) is 0 Å². The number of methoxy groups -OCH3 is 1. The van der Waals surface area contributed by atoms with E-state index in [0.717, 1.165) is 37.2 Å². The van der Waals surface area contributed by atoms with Crippen molar-refractivity contribution >= 4 is 5.91 Å². The van der Waals surface area contributed by atoms with Crippen molar-refractivity contribution in [1.29, 1.82) is 0 Å². The average Bonchev–Trinajstić information content (AvgIpc) is 2.48. The number of nitrogens with one attached hydrogen (secondary N) is 1. The molecule has 102 valence electrons. The van der Waals surface area contributed by atoms with Crippen LogP contribution >= 0.6 is 0 Å². The zero-order valence-electron chi connectivity index (χ0n) is 11.3. The largest absolute Gasteiger partial charge is 0.497 e. The van der Waals surface area contributed by atoms with Crippen LogP contribution in [-0.2, 0) is 4.79 Å². The summed E-state index contributed by atoms with van der Waals surface area (Å²) in [6.07, 6.45) is 3.51. The number of ether oxygens (including phenoxy) is 1. The van der Waals surface area contributed by atoms with E-state index >= 15 is 0 Å². The number of hydrogen-bond acceptors (Lipinski definition) is 3. The summed E-state index contributed by atoms with van der Waals surface area (Å²) in [6, 6.07) is 7.97. The van der Waals surface area contributed by atoms with Crippen LogP contribution in [0.3, 0.4) is 0 Å². The molecular formula is C15H20N2O2. The normalized spacial score (nSPS) is 27.0. The van der Waals surface area contributed by atoms with Crippen LogP contribution in [0.25, 0.3) is 0 Å². The van der Waals surface area contributed by atoms with Crippen molar-refractivity contribution in [2.24, 2.45) is 0 Å². The number of rotatable bonds is 2. The summed E-state index contributed by atoms with van der Waals surface area (Å²) in [6.45, 7) is 1.82. The van der Waals surface area contributed by atoms with E-state index in [9.17, 15) is 4.79 Å². The van der Waals surface area contributed by atoms with Crippen molar-refractivity contribution in [2.75, 3.05) is 20.2 Å². The van der Waals surface area contributed by atoms with E-state index < -0.39 is 0 Å². The minimum atomic E-state index is -0.194. The minimum absolute atomic E-state index is 0.194. The molecule has 1 aromatic rings. The lowest BCUT2D eigenvalue weighted by Gasteiger charge is -2.42. The molecule has 2 unspecified atom stereocenters. The first kappa shape index (κ1) is 12.5. The van der Waals surface area contributed by atoms with E-state index in [0.29, 0.717) is 6.04 Å². The monoisotopic (exact) mass is 260 g/mol. The van der Waals surface area contributed by atoms with Crippen molar-refractivity contribution in [3.8, 4) is 5.75 Å². The van der Waals surface area contributed by atoms with E-state index in [1.54, 1.807) is 7.11 Å². The van der Waals surface area contributed by atoms with Crippen LogP contribution in [0.2, 0.25) is 0 Å². The highest BCUT2D eigenvalue weighted by Crippen LogP contribution is 2.27. The molecule has 0 aromatic heterocycles. The van der Waals surface area contributed by atoms with Gasteiger partial charge in [0, 0.05) is 19.1 Å². The molecule has 0 saturated carbocycles. The minimum Gasteiger partial charge on any atom is -0.497 e. The fourth-order valence-corrected chi connectivity index (χ4v) is 3.07. The van der Waals surface area contributed by atoms with Crippen LogP contribution < -0.4 is 10.1 Å². The SMILES string of the molecule is COc1ccc(C2NCC3CCCCN3C2=O)cc1. The average molecular weight is 260 g/mol. The summed E-state index contributed by atoms with van der Waals surface area (Å²) >= 11 is 0. The van der Waals surface area contributed by atoms with Crippen molar-refractivity contribution < 1.29 is 9.53 Å². The van der Waals surface area contributed by atoms with Crippen LogP contribution in [0.4, 0.5) is 0 Å². The van der Waals surface area contributed by atoms with Gasteiger partial charge in [0.15, 0.2) is 0 Å². The Balaban J connectivity index is 1.79. The van der Waals surface area contributed by atoms with Gasteiger partial charge in [-0.1, -0.05) is 12.1 Å². The van der Waals surface area contributed by atoms with Gasteiger partial charge in [-0.25, -0.2) is 0 Å². The molecule has 2 fully saturated rings. The zero-order chi connectivity index (χ0) is 13.2. The first-order chi connectivity index (χ1) is 9.29. The Morgan fingerprint density at radius 3 is 2.79 bits per heavy atom. The molecule has 2 heterocycles. The standard InChI is InChI=1S/C15H20N2O2/c1-19-13-7-5-11(6-8-13)14-15(18)17-9-3-2-4-12(17)10-16-14/h5-8,12,14,16H,2-4,9-10H2,1H3. The van der Waals surface area contributed by atoms with Gasteiger partial charge in [0.1, 0.15) is 11.8 Å². The highest BCUT2D eigenvalue weighted by atomic mass is 16.5. The number of carbonyl (C=O) groups is 1. The number of fused-ring (bicyclic) bond motifs is 1. The number of piperazine rings is 1. The third-order valence-electron chi connectivity index (χ3n) is 4.16. The number of amides is 1. The third-order valence-corrected chi connectivity index (χ3v) is 4.16. The second kappa shape index (κ2) is 5.21. The maximum absolute atomic E-state index is 12.5. The molecule has 2 aliphatic rings. The lowest BCUT2D eigenvalue weighted by atomic mass is 9.95. The molecule has 4 heteroatoms. The van der Waals surface area contributed by atoms with Crippen LogP contribution in [0.15, 0.2) is 24.3 Å². The van der Waals surface area contributed by atoms with E-state index in [-0.39, 0.29) is 11.9 Å². The van der Waals surface area contributed by atoms with Gasteiger partial charge in [0.05, 0.1) is 7.11 Å².